The lowest BCUT2D eigenvalue weighted by atomic mass is 10.3. The second-order valence-electron chi connectivity index (χ2n) is 6.28. The van der Waals surface area contributed by atoms with Gasteiger partial charge in [-0.3, -0.25) is 4.72 Å². The summed E-state index contributed by atoms with van der Waals surface area (Å²) in [6.07, 6.45) is -5.10. The molecule has 0 aliphatic heterocycles. The summed E-state index contributed by atoms with van der Waals surface area (Å²) in [5.74, 6) is -0.905. The number of hydrogen-bond acceptors (Lipinski definition) is 6. The van der Waals surface area contributed by atoms with Crippen LogP contribution in [0.25, 0.3) is 0 Å². The van der Waals surface area contributed by atoms with E-state index in [9.17, 15) is 30.0 Å². The molecular formula is C19H23F3N2O6S2. The number of alkyl halides is 3. The van der Waals surface area contributed by atoms with Crippen molar-refractivity contribution < 1.29 is 39.5 Å². The average Bonchev–Trinajstić information content (AvgIpc) is 2.69. The van der Waals surface area contributed by atoms with E-state index in [1.807, 2.05) is 0 Å². The Morgan fingerprint density at radius 1 is 0.906 bits per heavy atom. The highest BCUT2D eigenvalue weighted by atomic mass is 32.2. The normalized spacial score (nSPS) is 12.6. The molecule has 0 atom stereocenters. The Balaban J connectivity index is 2.53. The molecule has 0 aliphatic rings. The van der Waals surface area contributed by atoms with E-state index in [4.69, 9.17) is 4.74 Å². The summed E-state index contributed by atoms with van der Waals surface area (Å²) in [7, 11) is -8.59. The van der Waals surface area contributed by atoms with Gasteiger partial charge in [-0.15, -0.1) is 13.2 Å². The Morgan fingerprint density at radius 2 is 1.53 bits per heavy atom. The third-order valence-electron chi connectivity index (χ3n) is 4.18. The predicted molar refractivity (Wildman–Crippen MR) is 112 cm³/mol. The van der Waals surface area contributed by atoms with E-state index in [2.05, 4.69) is 9.46 Å². The van der Waals surface area contributed by atoms with E-state index in [-0.39, 0.29) is 36.0 Å². The third kappa shape index (κ3) is 6.04. The zero-order valence-corrected chi connectivity index (χ0v) is 19.1. The van der Waals surface area contributed by atoms with Crippen LogP contribution in [0.5, 0.6) is 11.5 Å². The first-order valence-corrected chi connectivity index (χ1v) is 12.4. The Hall–Kier alpha value is -2.51. The smallest absolute Gasteiger partial charge is 0.492 e. The predicted octanol–water partition coefficient (Wildman–Crippen LogP) is 3.82. The molecule has 0 aliphatic carbocycles. The van der Waals surface area contributed by atoms with E-state index < -0.39 is 37.1 Å². The van der Waals surface area contributed by atoms with Crippen molar-refractivity contribution in [2.24, 2.45) is 0 Å². The molecular weight excluding hydrogens is 473 g/mol. The summed E-state index contributed by atoms with van der Waals surface area (Å²) in [5, 5.41) is 0. The minimum Gasteiger partial charge on any atom is -0.492 e. The molecule has 1 N–H and O–H groups in total. The van der Waals surface area contributed by atoms with Gasteiger partial charge in [0.05, 0.1) is 12.3 Å². The summed E-state index contributed by atoms with van der Waals surface area (Å²) in [6, 6.07) is 7.79. The number of nitrogens with zero attached hydrogens (tertiary/aromatic N) is 1. The molecule has 0 unspecified atom stereocenters. The Labute approximate surface area is 185 Å². The summed E-state index contributed by atoms with van der Waals surface area (Å²) in [6.45, 7) is 5.44. The fraction of sp³-hybridized carbons (Fsp3) is 0.368. The topological polar surface area (TPSA) is 102 Å². The van der Waals surface area contributed by atoms with Crippen LogP contribution in [-0.2, 0) is 20.0 Å². The maximum Gasteiger partial charge on any atom is 0.573 e. The number of benzene rings is 2. The quantitative estimate of drug-likeness (QED) is 0.537. The van der Waals surface area contributed by atoms with Gasteiger partial charge < -0.3 is 9.47 Å². The Bertz CT molecular complexity index is 1150. The number of sulfonamides is 2. The van der Waals surface area contributed by atoms with Crippen molar-refractivity contribution in [3.63, 3.8) is 0 Å². The SMILES string of the molecule is CCOc1ccc(NS(=O)(=O)c2ccccc2OC(F)(F)F)cc1S(=O)(=O)N(CC)CC. The van der Waals surface area contributed by atoms with Crippen LogP contribution in [0.1, 0.15) is 20.8 Å². The molecule has 178 valence electrons. The molecule has 8 nitrogen and oxygen atoms in total. The summed E-state index contributed by atoms with van der Waals surface area (Å²) in [5.41, 5.74) is -0.180. The molecule has 0 aromatic heterocycles. The highest BCUT2D eigenvalue weighted by molar-refractivity contribution is 7.92. The number of rotatable bonds is 10. The molecule has 2 aromatic carbocycles. The van der Waals surface area contributed by atoms with Crippen LogP contribution in [0.2, 0.25) is 0 Å². The lowest BCUT2D eigenvalue weighted by Crippen LogP contribution is -2.31. The second-order valence-corrected chi connectivity index (χ2v) is 9.84. The summed E-state index contributed by atoms with van der Waals surface area (Å²) < 4.78 is 102. The molecule has 0 saturated heterocycles. The fourth-order valence-corrected chi connectivity index (χ4v) is 5.64. The second kappa shape index (κ2) is 9.96. The van der Waals surface area contributed by atoms with Crippen molar-refractivity contribution in [2.75, 3.05) is 24.4 Å². The summed E-state index contributed by atoms with van der Waals surface area (Å²) in [4.78, 5) is -1.04. The molecule has 0 saturated carbocycles. The van der Waals surface area contributed by atoms with Gasteiger partial charge in [0.2, 0.25) is 10.0 Å². The first kappa shape index (κ1) is 25.7. The molecule has 0 spiro atoms. The van der Waals surface area contributed by atoms with Crippen LogP contribution in [-0.4, -0.2) is 47.2 Å². The largest absolute Gasteiger partial charge is 0.573 e. The van der Waals surface area contributed by atoms with Crippen molar-refractivity contribution in [3.8, 4) is 11.5 Å². The monoisotopic (exact) mass is 496 g/mol. The molecule has 0 heterocycles. The van der Waals surface area contributed by atoms with Crippen molar-refractivity contribution in [1.29, 1.82) is 0 Å². The van der Waals surface area contributed by atoms with E-state index >= 15 is 0 Å². The van der Waals surface area contributed by atoms with Crippen molar-refractivity contribution >= 4 is 25.7 Å². The Kier molecular flexibility index (Phi) is 8.02. The van der Waals surface area contributed by atoms with Crippen LogP contribution < -0.4 is 14.2 Å². The van der Waals surface area contributed by atoms with Crippen LogP contribution in [0.3, 0.4) is 0 Å². The lowest BCUT2D eigenvalue weighted by molar-refractivity contribution is -0.275. The zero-order chi connectivity index (χ0) is 24.2. The molecule has 2 rings (SSSR count). The lowest BCUT2D eigenvalue weighted by Gasteiger charge is -2.21. The Morgan fingerprint density at radius 3 is 2.09 bits per heavy atom. The number of hydrogen-bond donors (Lipinski definition) is 1. The number of anilines is 1. The standard InChI is InChI=1S/C19H23F3N2O6S2/c1-4-24(5-2)32(27,28)18-13-14(11-12-15(18)29-6-3)23-31(25,26)17-10-8-7-9-16(17)30-19(20,21)22/h7-13,23H,4-6H2,1-3H3. The maximum absolute atomic E-state index is 13.0. The highest BCUT2D eigenvalue weighted by Gasteiger charge is 2.34. The zero-order valence-electron chi connectivity index (χ0n) is 17.5. The van der Waals surface area contributed by atoms with Crippen LogP contribution in [0.15, 0.2) is 52.3 Å². The van der Waals surface area contributed by atoms with Crippen LogP contribution >= 0.6 is 0 Å². The van der Waals surface area contributed by atoms with E-state index in [0.29, 0.717) is 0 Å². The molecule has 0 fully saturated rings. The third-order valence-corrected chi connectivity index (χ3v) is 7.68. The average molecular weight is 497 g/mol. The minimum atomic E-state index is -5.10. The van der Waals surface area contributed by atoms with Gasteiger partial charge in [-0.05, 0) is 37.3 Å². The maximum atomic E-state index is 13.0. The van der Waals surface area contributed by atoms with Crippen LogP contribution in [0, 0.1) is 0 Å². The molecule has 0 amide bonds. The first-order chi connectivity index (χ1) is 14.9. The van der Waals surface area contributed by atoms with Gasteiger partial charge in [-0.2, -0.15) is 4.31 Å². The van der Waals surface area contributed by atoms with Gasteiger partial charge >= 0.3 is 6.36 Å². The summed E-state index contributed by atoms with van der Waals surface area (Å²) >= 11 is 0. The van der Waals surface area contributed by atoms with Gasteiger partial charge in [0.1, 0.15) is 21.3 Å². The fourth-order valence-electron chi connectivity index (χ4n) is 2.84. The molecule has 0 radical (unpaired) electrons. The number of para-hydroxylation sites is 1. The van der Waals surface area contributed by atoms with Gasteiger partial charge in [0, 0.05) is 13.1 Å². The first-order valence-electron chi connectivity index (χ1n) is 9.50. The number of halogens is 3. The molecule has 32 heavy (non-hydrogen) atoms. The minimum absolute atomic E-state index is 0.0168. The van der Waals surface area contributed by atoms with E-state index in [0.717, 1.165) is 22.5 Å². The van der Waals surface area contributed by atoms with Crippen molar-refractivity contribution in [1.82, 2.24) is 4.31 Å². The molecule has 2 aromatic rings. The van der Waals surface area contributed by atoms with Crippen molar-refractivity contribution in [3.05, 3.63) is 42.5 Å². The van der Waals surface area contributed by atoms with Crippen LogP contribution in [0.4, 0.5) is 18.9 Å². The van der Waals surface area contributed by atoms with Gasteiger partial charge in [0.15, 0.2) is 0 Å². The highest BCUT2D eigenvalue weighted by Crippen LogP contribution is 2.33. The van der Waals surface area contributed by atoms with E-state index in [1.165, 1.54) is 24.3 Å². The van der Waals surface area contributed by atoms with Gasteiger partial charge in [0.25, 0.3) is 10.0 Å². The van der Waals surface area contributed by atoms with Gasteiger partial charge in [-0.1, -0.05) is 26.0 Å². The number of nitrogens with one attached hydrogen (secondary N) is 1. The molecule has 0 bridgehead atoms. The number of ether oxygens (including phenoxy) is 2. The van der Waals surface area contributed by atoms with E-state index in [1.54, 1.807) is 20.8 Å². The van der Waals surface area contributed by atoms with Gasteiger partial charge in [-0.25, -0.2) is 16.8 Å². The molecule has 13 heteroatoms. The van der Waals surface area contributed by atoms with Crippen molar-refractivity contribution in [2.45, 2.75) is 36.9 Å².